The minimum atomic E-state index is 0.627. The Labute approximate surface area is 107 Å². The second kappa shape index (κ2) is 4.47. The van der Waals surface area contributed by atoms with E-state index in [1.165, 1.54) is 18.1 Å². The minimum Gasteiger partial charge on any atom is -0.341 e. The highest BCUT2D eigenvalue weighted by Crippen LogP contribution is 2.31. The molecule has 0 fully saturated rings. The summed E-state index contributed by atoms with van der Waals surface area (Å²) < 4.78 is 0. The van der Waals surface area contributed by atoms with Gasteiger partial charge in [0.2, 0.25) is 0 Å². The van der Waals surface area contributed by atoms with E-state index in [1.54, 1.807) is 12.4 Å². The molecule has 5 nitrogen and oxygen atoms in total. The first kappa shape index (κ1) is 10.7. The quantitative estimate of drug-likeness (QED) is 0.709. The number of rotatable bonds is 2. The standard InChI is InChI=1S/C12H7N5S/c13-5-8-3-1-2-4-9(8)18-12-10-11(15-6-14-10)16-7-17-12/h1-4,6-7H,(H,14,15,16,17). The van der Waals surface area contributed by atoms with Crippen molar-refractivity contribution in [2.75, 3.05) is 0 Å². The summed E-state index contributed by atoms with van der Waals surface area (Å²) in [6.45, 7) is 0. The molecule has 0 saturated heterocycles. The molecule has 0 spiro atoms. The van der Waals surface area contributed by atoms with Crippen LogP contribution >= 0.6 is 11.8 Å². The number of imidazole rings is 1. The molecule has 86 valence electrons. The maximum Gasteiger partial charge on any atom is 0.181 e. The smallest absolute Gasteiger partial charge is 0.181 e. The van der Waals surface area contributed by atoms with E-state index in [1.807, 2.05) is 18.2 Å². The van der Waals surface area contributed by atoms with E-state index in [0.717, 1.165) is 15.4 Å². The second-order valence-electron chi connectivity index (χ2n) is 3.49. The SMILES string of the molecule is N#Cc1ccccc1Sc1ncnc2nc[nH]c12. The molecule has 1 aromatic carbocycles. The molecule has 18 heavy (non-hydrogen) atoms. The topological polar surface area (TPSA) is 78.2 Å². The van der Waals surface area contributed by atoms with Gasteiger partial charge in [0.15, 0.2) is 5.65 Å². The number of hydrogen-bond acceptors (Lipinski definition) is 5. The average molecular weight is 253 g/mol. The van der Waals surface area contributed by atoms with Crippen LogP contribution in [0.1, 0.15) is 5.56 Å². The number of aromatic amines is 1. The summed E-state index contributed by atoms with van der Waals surface area (Å²) in [4.78, 5) is 16.2. The Morgan fingerprint density at radius 1 is 1.17 bits per heavy atom. The third kappa shape index (κ3) is 1.81. The van der Waals surface area contributed by atoms with Crippen molar-refractivity contribution < 1.29 is 0 Å². The van der Waals surface area contributed by atoms with E-state index >= 15 is 0 Å². The summed E-state index contributed by atoms with van der Waals surface area (Å²) in [6, 6.07) is 9.59. The molecule has 0 bridgehead atoms. The minimum absolute atomic E-state index is 0.627. The number of nitrogens with one attached hydrogen (secondary N) is 1. The molecule has 0 saturated carbocycles. The number of benzene rings is 1. The molecule has 2 aromatic heterocycles. The van der Waals surface area contributed by atoms with Crippen LogP contribution in [0.2, 0.25) is 0 Å². The zero-order valence-corrected chi connectivity index (χ0v) is 9.98. The van der Waals surface area contributed by atoms with Gasteiger partial charge in [0.1, 0.15) is 22.9 Å². The lowest BCUT2D eigenvalue weighted by Crippen LogP contribution is -1.87. The molecule has 0 aliphatic rings. The van der Waals surface area contributed by atoms with Gasteiger partial charge in [-0.05, 0) is 12.1 Å². The zero-order chi connectivity index (χ0) is 12.4. The molecular weight excluding hydrogens is 246 g/mol. The van der Waals surface area contributed by atoms with Crippen molar-refractivity contribution in [3.05, 3.63) is 42.5 Å². The number of nitriles is 1. The van der Waals surface area contributed by atoms with Crippen molar-refractivity contribution in [2.24, 2.45) is 0 Å². The van der Waals surface area contributed by atoms with Crippen LogP contribution in [-0.2, 0) is 0 Å². The molecule has 0 amide bonds. The van der Waals surface area contributed by atoms with Gasteiger partial charge < -0.3 is 4.98 Å². The second-order valence-corrected chi connectivity index (χ2v) is 4.52. The van der Waals surface area contributed by atoms with Gasteiger partial charge in [-0.1, -0.05) is 23.9 Å². The lowest BCUT2D eigenvalue weighted by atomic mass is 10.2. The van der Waals surface area contributed by atoms with Crippen LogP contribution in [0.4, 0.5) is 0 Å². The van der Waals surface area contributed by atoms with Gasteiger partial charge in [-0.25, -0.2) is 15.0 Å². The van der Waals surface area contributed by atoms with Gasteiger partial charge in [-0.15, -0.1) is 0 Å². The number of H-pyrrole nitrogens is 1. The fourth-order valence-electron chi connectivity index (χ4n) is 1.57. The number of nitrogens with zero attached hydrogens (tertiary/aromatic N) is 4. The Balaban J connectivity index is 2.07. The first-order chi connectivity index (χ1) is 8.88. The normalized spacial score (nSPS) is 10.4. The van der Waals surface area contributed by atoms with E-state index < -0.39 is 0 Å². The maximum absolute atomic E-state index is 9.05. The predicted octanol–water partition coefficient (Wildman–Crippen LogP) is 2.38. The Bertz CT molecular complexity index is 743. The average Bonchev–Trinajstić information content (AvgIpc) is 2.89. The molecule has 0 aliphatic carbocycles. The molecule has 0 radical (unpaired) electrons. The van der Waals surface area contributed by atoms with Gasteiger partial charge >= 0.3 is 0 Å². The third-order valence-corrected chi connectivity index (χ3v) is 3.48. The Kier molecular flexibility index (Phi) is 2.67. The fraction of sp³-hybridized carbons (Fsp3) is 0. The van der Waals surface area contributed by atoms with Crippen LogP contribution in [0.15, 0.2) is 46.8 Å². The van der Waals surface area contributed by atoms with Crippen molar-refractivity contribution in [1.29, 1.82) is 5.26 Å². The Morgan fingerprint density at radius 2 is 2.06 bits per heavy atom. The van der Waals surface area contributed by atoms with E-state index in [-0.39, 0.29) is 0 Å². The van der Waals surface area contributed by atoms with Crippen molar-refractivity contribution in [1.82, 2.24) is 19.9 Å². The van der Waals surface area contributed by atoms with E-state index in [2.05, 4.69) is 26.0 Å². The van der Waals surface area contributed by atoms with Crippen LogP contribution in [0.5, 0.6) is 0 Å². The van der Waals surface area contributed by atoms with Crippen molar-refractivity contribution >= 4 is 22.9 Å². The first-order valence-electron chi connectivity index (χ1n) is 5.19. The van der Waals surface area contributed by atoms with Crippen LogP contribution in [-0.4, -0.2) is 19.9 Å². The summed E-state index contributed by atoms with van der Waals surface area (Å²) >= 11 is 1.43. The van der Waals surface area contributed by atoms with Crippen LogP contribution in [0, 0.1) is 11.3 Å². The highest BCUT2D eigenvalue weighted by molar-refractivity contribution is 7.99. The molecule has 0 unspecified atom stereocenters. The molecular formula is C12H7N5S. The molecule has 0 atom stereocenters. The molecule has 1 N–H and O–H groups in total. The Hall–Kier alpha value is -2.39. The molecule has 3 aromatic rings. The number of aromatic nitrogens is 4. The van der Waals surface area contributed by atoms with Crippen LogP contribution in [0.3, 0.4) is 0 Å². The lowest BCUT2D eigenvalue weighted by Gasteiger charge is -2.02. The number of hydrogen-bond donors (Lipinski definition) is 1. The van der Waals surface area contributed by atoms with Gasteiger partial charge in [0.25, 0.3) is 0 Å². The zero-order valence-electron chi connectivity index (χ0n) is 9.16. The third-order valence-electron chi connectivity index (χ3n) is 2.40. The lowest BCUT2D eigenvalue weighted by molar-refractivity contribution is 1.08. The molecule has 3 rings (SSSR count). The van der Waals surface area contributed by atoms with Crippen LogP contribution < -0.4 is 0 Å². The monoisotopic (exact) mass is 253 g/mol. The van der Waals surface area contributed by atoms with E-state index in [9.17, 15) is 0 Å². The van der Waals surface area contributed by atoms with Gasteiger partial charge in [0.05, 0.1) is 11.9 Å². The van der Waals surface area contributed by atoms with Crippen molar-refractivity contribution in [3.8, 4) is 6.07 Å². The highest BCUT2D eigenvalue weighted by Gasteiger charge is 2.09. The summed E-state index contributed by atoms with van der Waals surface area (Å²) in [7, 11) is 0. The largest absolute Gasteiger partial charge is 0.341 e. The van der Waals surface area contributed by atoms with E-state index in [0.29, 0.717) is 11.2 Å². The maximum atomic E-state index is 9.05. The molecule has 2 heterocycles. The fourth-order valence-corrected chi connectivity index (χ4v) is 2.50. The first-order valence-corrected chi connectivity index (χ1v) is 6.01. The predicted molar refractivity (Wildman–Crippen MR) is 67.0 cm³/mol. The van der Waals surface area contributed by atoms with Crippen LogP contribution in [0.25, 0.3) is 11.2 Å². The van der Waals surface area contributed by atoms with E-state index in [4.69, 9.17) is 5.26 Å². The molecule has 6 heteroatoms. The van der Waals surface area contributed by atoms with Gasteiger partial charge in [-0.2, -0.15) is 5.26 Å². The summed E-state index contributed by atoms with van der Waals surface area (Å²) in [6.07, 6.45) is 3.06. The highest BCUT2D eigenvalue weighted by atomic mass is 32.2. The van der Waals surface area contributed by atoms with Gasteiger partial charge in [-0.3, -0.25) is 0 Å². The van der Waals surface area contributed by atoms with Crippen molar-refractivity contribution in [3.63, 3.8) is 0 Å². The Morgan fingerprint density at radius 3 is 2.94 bits per heavy atom. The van der Waals surface area contributed by atoms with Gasteiger partial charge in [0, 0.05) is 4.90 Å². The van der Waals surface area contributed by atoms with Crippen molar-refractivity contribution in [2.45, 2.75) is 9.92 Å². The summed E-state index contributed by atoms with van der Waals surface area (Å²) in [5, 5.41) is 9.82. The number of fused-ring (bicyclic) bond motifs is 1. The summed E-state index contributed by atoms with van der Waals surface area (Å²) in [5.74, 6) is 0. The summed E-state index contributed by atoms with van der Waals surface area (Å²) in [5.41, 5.74) is 2.05. The molecule has 0 aliphatic heterocycles.